The lowest BCUT2D eigenvalue weighted by molar-refractivity contribution is -0.137. The molecule has 0 radical (unpaired) electrons. The van der Waals surface area contributed by atoms with Gasteiger partial charge in [-0.2, -0.15) is 0 Å². The van der Waals surface area contributed by atoms with Crippen molar-refractivity contribution >= 4 is 21.6 Å². The van der Waals surface area contributed by atoms with Gasteiger partial charge in [-0.3, -0.25) is 9.59 Å². The molecule has 0 saturated heterocycles. The second-order valence-electron chi connectivity index (χ2n) is 4.35. The van der Waals surface area contributed by atoms with E-state index < -0.39 is 33.1 Å². The molecule has 1 aromatic carbocycles. The molecule has 1 rings (SSSR count). The Kier molecular flexibility index (Phi) is 4.83. The zero-order valence-corrected chi connectivity index (χ0v) is 11.9. The van der Waals surface area contributed by atoms with Crippen LogP contribution >= 0.6 is 0 Å². The molecule has 0 spiro atoms. The van der Waals surface area contributed by atoms with Crippen molar-refractivity contribution in [2.24, 2.45) is 0 Å². The molecule has 0 aliphatic carbocycles. The average Bonchev–Trinajstić information content (AvgIpc) is 2.30. The third kappa shape index (κ3) is 4.48. The average molecular weight is 284 g/mol. The van der Waals surface area contributed by atoms with Gasteiger partial charge in [-0.05, 0) is 25.5 Å². The highest BCUT2D eigenvalue weighted by Crippen LogP contribution is 2.12. The fourth-order valence-corrected chi connectivity index (χ4v) is 2.74. The summed E-state index contributed by atoms with van der Waals surface area (Å²) >= 11 is 0. The number of hydrogen-bond acceptors (Lipinski definition) is 5. The number of hydrogen-bond donors (Lipinski definition) is 0. The summed E-state index contributed by atoms with van der Waals surface area (Å²) in [7, 11) is -2.69. The zero-order valence-electron chi connectivity index (χ0n) is 11.1. The molecule has 0 amide bonds. The first kappa shape index (κ1) is 15.4. The van der Waals surface area contributed by atoms with E-state index in [0.29, 0.717) is 11.1 Å². The van der Waals surface area contributed by atoms with Crippen LogP contribution in [0.2, 0.25) is 0 Å². The number of methoxy groups -OCH3 is 1. The molecule has 19 heavy (non-hydrogen) atoms. The van der Waals surface area contributed by atoms with Gasteiger partial charge in [0, 0.05) is 5.56 Å². The summed E-state index contributed by atoms with van der Waals surface area (Å²) in [4.78, 5) is 22.9. The van der Waals surface area contributed by atoms with E-state index in [1.54, 1.807) is 19.1 Å². The standard InChI is InChI=1S/C13H16O5S/c1-9-4-5-10(2)11(6-9)12(14)7-19(16,17)8-13(15)18-3/h4-6H,7-8H2,1-3H3. The lowest BCUT2D eigenvalue weighted by Crippen LogP contribution is -2.24. The van der Waals surface area contributed by atoms with Gasteiger partial charge in [0.1, 0.15) is 11.5 Å². The number of aryl methyl sites for hydroxylation is 2. The van der Waals surface area contributed by atoms with E-state index in [-0.39, 0.29) is 0 Å². The number of sulfone groups is 1. The predicted octanol–water partition coefficient (Wildman–Crippen LogP) is 1.07. The summed E-state index contributed by atoms with van der Waals surface area (Å²) in [5.41, 5.74) is 1.96. The topological polar surface area (TPSA) is 77.5 Å². The summed E-state index contributed by atoms with van der Waals surface area (Å²) in [5, 5.41) is 0. The van der Waals surface area contributed by atoms with E-state index in [1.165, 1.54) is 0 Å². The highest BCUT2D eigenvalue weighted by molar-refractivity contribution is 7.92. The number of carbonyl (C=O) groups is 2. The largest absolute Gasteiger partial charge is 0.468 e. The Labute approximate surface area is 112 Å². The van der Waals surface area contributed by atoms with Gasteiger partial charge in [0.2, 0.25) is 0 Å². The summed E-state index contributed by atoms with van der Waals surface area (Å²) in [6.07, 6.45) is 0. The quantitative estimate of drug-likeness (QED) is 0.597. The van der Waals surface area contributed by atoms with Crippen molar-refractivity contribution in [3.8, 4) is 0 Å². The zero-order chi connectivity index (χ0) is 14.6. The maximum atomic E-state index is 12.0. The third-order valence-corrected chi connectivity index (χ3v) is 3.99. The van der Waals surface area contributed by atoms with E-state index in [4.69, 9.17) is 0 Å². The van der Waals surface area contributed by atoms with Crippen LogP contribution in [0.3, 0.4) is 0 Å². The van der Waals surface area contributed by atoms with Crippen LogP contribution in [0, 0.1) is 13.8 Å². The van der Waals surface area contributed by atoms with Crippen molar-refractivity contribution in [1.82, 2.24) is 0 Å². The molecule has 0 unspecified atom stereocenters. The van der Waals surface area contributed by atoms with E-state index >= 15 is 0 Å². The predicted molar refractivity (Wildman–Crippen MR) is 70.9 cm³/mol. The molecule has 0 aromatic heterocycles. The molecule has 1 aromatic rings. The van der Waals surface area contributed by atoms with Gasteiger partial charge in [-0.15, -0.1) is 0 Å². The molecule has 0 atom stereocenters. The van der Waals surface area contributed by atoms with Crippen LogP contribution in [0.1, 0.15) is 21.5 Å². The van der Waals surface area contributed by atoms with Gasteiger partial charge in [0.15, 0.2) is 15.6 Å². The van der Waals surface area contributed by atoms with Crippen LogP contribution in [0.5, 0.6) is 0 Å². The van der Waals surface area contributed by atoms with Crippen LogP contribution in [0.4, 0.5) is 0 Å². The Morgan fingerprint density at radius 1 is 1.16 bits per heavy atom. The van der Waals surface area contributed by atoms with Gasteiger partial charge in [0.25, 0.3) is 0 Å². The first-order valence-corrected chi connectivity index (χ1v) is 7.45. The maximum Gasteiger partial charge on any atom is 0.320 e. The normalized spacial score (nSPS) is 11.1. The van der Waals surface area contributed by atoms with Crippen LogP contribution in [0.25, 0.3) is 0 Å². The van der Waals surface area contributed by atoms with Crippen LogP contribution < -0.4 is 0 Å². The Hall–Kier alpha value is -1.69. The Bertz CT molecular complexity index is 601. The molecule has 0 N–H and O–H groups in total. The van der Waals surface area contributed by atoms with E-state index in [2.05, 4.69) is 4.74 Å². The monoisotopic (exact) mass is 284 g/mol. The van der Waals surface area contributed by atoms with Gasteiger partial charge < -0.3 is 4.74 Å². The van der Waals surface area contributed by atoms with E-state index in [9.17, 15) is 18.0 Å². The molecule has 104 valence electrons. The molecular weight excluding hydrogens is 268 g/mol. The van der Waals surface area contributed by atoms with Gasteiger partial charge >= 0.3 is 5.97 Å². The SMILES string of the molecule is COC(=O)CS(=O)(=O)CC(=O)c1cc(C)ccc1C. The fourth-order valence-electron chi connectivity index (χ4n) is 1.60. The number of Topliss-reactive ketones (excluding diaryl/α,β-unsaturated/α-hetero) is 1. The minimum Gasteiger partial charge on any atom is -0.468 e. The number of ketones is 1. The molecule has 6 heteroatoms. The lowest BCUT2D eigenvalue weighted by Gasteiger charge is -2.06. The molecular formula is C13H16O5S. The van der Waals surface area contributed by atoms with Crippen molar-refractivity contribution in [1.29, 1.82) is 0 Å². The smallest absolute Gasteiger partial charge is 0.320 e. The fraction of sp³-hybridized carbons (Fsp3) is 0.385. The van der Waals surface area contributed by atoms with Crippen LogP contribution in [0.15, 0.2) is 18.2 Å². The third-order valence-electron chi connectivity index (χ3n) is 2.61. The van der Waals surface area contributed by atoms with Gasteiger partial charge in [-0.1, -0.05) is 17.7 Å². The highest BCUT2D eigenvalue weighted by Gasteiger charge is 2.22. The Balaban J connectivity index is 2.91. The van der Waals surface area contributed by atoms with E-state index in [1.807, 2.05) is 13.0 Å². The summed E-state index contributed by atoms with van der Waals surface area (Å²) in [6.45, 7) is 3.55. The molecule has 0 bridgehead atoms. The van der Waals surface area contributed by atoms with Crippen LogP contribution in [-0.4, -0.2) is 38.8 Å². The maximum absolute atomic E-state index is 12.0. The van der Waals surface area contributed by atoms with Crippen molar-refractivity contribution < 1.29 is 22.7 Å². The molecule has 0 aliphatic rings. The molecule has 0 fully saturated rings. The lowest BCUT2D eigenvalue weighted by atomic mass is 10.0. The first-order chi connectivity index (χ1) is 8.75. The number of carbonyl (C=O) groups excluding carboxylic acids is 2. The van der Waals surface area contributed by atoms with Gasteiger partial charge in [0.05, 0.1) is 7.11 Å². The molecule has 5 nitrogen and oxygen atoms in total. The first-order valence-electron chi connectivity index (χ1n) is 5.63. The minimum atomic E-state index is -3.79. The summed E-state index contributed by atoms with van der Waals surface area (Å²) in [5.74, 6) is -2.84. The Morgan fingerprint density at radius 2 is 1.79 bits per heavy atom. The number of benzene rings is 1. The van der Waals surface area contributed by atoms with Crippen molar-refractivity contribution in [2.45, 2.75) is 13.8 Å². The summed E-state index contributed by atoms with van der Waals surface area (Å²) < 4.78 is 27.6. The Morgan fingerprint density at radius 3 is 2.37 bits per heavy atom. The van der Waals surface area contributed by atoms with Crippen molar-refractivity contribution in [3.63, 3.8) is 0 Å². The van der Waals surface area contributed by atoms with E-state index in [0.717, 1.165) is 12.7 Å². The molecule has 0 heterocycles. The number of ether oxygens (including phenoxy) is 1. The molecule has 0 aliphatic heterocycles. The number of rotatable bonds is 5. The van der Waals surface area contributed by atoms with Crippen LogP contribution in [-0.2, 0) is 19.4 Å². The summed E-state index contributed by atoms with van der Waals surface area (Å²) in [6, 6.07) is 5.25. The second kappa shape index (κ2) is 5.97. The molecule has 0 saturated carbocycles. The van der Waals surface area contributed by atoms with Gasteiger partial charge in [-0.25, -0.2) is 8.42 Å². The number of esters is 1. The van der Waals surface area contributed by atoms with Crippen molar-refractivity contribution in [3.05, 3.63) is 34.9 Å². The minimum absolute atomic E-state index is 0.369. The second-order valence-corrected chi connectivity index (χ2v) is 6.41. The highest BCUT2D eigenvalue weighted by atomic mass is 32.2. The van der Waals surface area contributed by atoms with Crippen molar-refractivity contribution in [2.75, 3.05) is 18.6 Å².